The molecule has 0 bridgehead atoms. The van der Waals surface area contributed by atoms with Gasteiger partial charge in [0.05, 0.1) is 10.0 Å². The van der Waals surface area contributed by atoms with Crippen LogP contribution in [0, 0.1) is 5.41 Å². The van der Waals surface area contributed by atoms with Crippen molar-refractivity contribution in [3.63, 3.8) is 0 Å². The van der Waals surface area contributed by atoms with Gasteiger partial charge >= 0.3 is 0 Å². The molecule has 2 rings (SSSR count). The highest BCUT2D eigenvalue weighted by Gasteiger charge is 2.35. The molecule has 1 fully saturated rings. The van der Waals surface area contributed by atoms with E-state index < -0.39 is 0 Å². The fourth-order valence-electron chi connectivity index (χ4n) is 2.56. The zero-order valence-corrected chi connectivity index (χ0v) is 12.4. The van der Waals surface area contributed by atoms with Gasteiger partial charge in [0, 0.05) is 11.7 Å². The SMILES string of the molecule is CC1(C)CCCC1NC(=O)c1cccc(N)c1Br. The average molecular weight is 311 g/mol. The maximum absolute atomic E-state index is 12.3. The number of hydrogen-bond donors (Lipinski definition) is 2. The largest absolute Gasteiger partial charge is 0.398 e. The maximum atomic E-state index is 12.3. The highest BCUT2D eigenvalue weighted by atomic mass is 79.9. The Morgan fingerprint density at radius 3 is 2.83 bits per heavy atom. The standard InChI is InChI=1S/C14H19BrN2O/c1-14(2)8-4-7-11(14)17-13(18)9-5-3-6-10(16)12(9)15/h3,5-6,11H,4,7-8,16H2,1-2H3,(H,17,18). The van der Waals surface area contributed by atoms with Crippen LogP contribution in [-0.2, 0) is 0 Å². The van der Waals surface area contributed by atoms with E-state index in [0.717, 1.165) is 12.8 Å². The van der Waals surface area contributed by atoms with Gasteiger partial charge in [0.25, 0.3) is 5.91 Å². The molecule has 0 spiro atoms. The fraction of sp³-hybridized carbons (Fsp3) is 0.500. The van der Waals surface area contributed by atoms with Crippen molar-refractivity contribution in [3.05, 3.63) is 28.2 Å². The molecule has 1 amide bonds. The molecule has 1 aliphatic rings. The normalized spacial score (nSPS) is 21.8. The molecule has 0 heterocycles. The Bertz CT molecular complexity index is 471. The number of carbonyl (C=O) groups is 1. The van der Waals surface area contributed by atoms with Crippen LogP contribution in [0.2, 0.25) is 0 Å². The monoisotopic (exact) mass is 310 g/mol. The molecule has 98 valence electrons. The van der Waals surface area contributed by atoms with Gasteiger partial charge < -0.3 is 11.1 Å². The molecule has 3 nitrogen and oxygen atoms in total. The van der Waals surface area contributed by atoms with Gasteiger partial charge in [-0.2, -0.15) is 0 Å². The first kappa shape index (κ1) is 13.4. The first-order valence-corrected chi connectivity index (χ1v) is 7.06. The number of nitrogens with one attached hydrogen (secondary N) is 1. The smallest absolute Gasteiger partial charge is 0.252 e. The van der Waals surface area contributed by atoms with E-state index in [2.05, 4.69) is 35.1 Å². The van der Waals surface area contributed by atoms with Gasteiger partial charge in [0.15, 0.2) is 0 Å². The lowest BCUT2D eigenvalue weighted by atomic mass is 9.87. The third-order valence-electron chi connectivity index (χ3n) is 3.84. The molecule has 1 aromatic carbocycles. The summed E-state index contributed by atoms with van der Waals surface area (Å²) in [5, 5.41) is 3.13. The number of hydrogen-bond acceptors (Lipinski definition) is 2. The summed E-state index contributed by atoms with van der Waals surface area (Å²) in [5.41, 5.74) is 7.18. The van der Waals surface area contributed by atoms with Gasteiger partial charge in [-0.1, -0.05) is 26.3 Å². The van der Waals surface area contributed by atoms with Crippen LogP contribution in [0.1, 0.15) is 43.5 Å². The number of anilines is 1. The van der Waals surface area contributed by atoms with Crippen LogP contribution in [0.15, 0.2) is 22.7 Å². The van der Waals surface area contributed by atoms with Crippen molar-refractivity contribution in [2.24, 2.45) is 5.41 Å². The average Bonchev–Trinajstić information content (AvgIpc) is 2.62. The first-order valence-electron chi connectivity index (χ1n) is 6.26. The van der Waals surface area contributed by atoms with E-state index in [0.29, 0.717) is 15.7 Å². The lowest BCUT2D eigenvalue weighted by Gasteiger charge is -2.28. The minimum atomic E-state index is -0.0471. The van der Waals surface area contributed by atoms with Crippen molar-refractivity contribution in [2.45, 2.75) is 39.2 Å². The van der Waals surface area contributed by atoms with Crippen LogP contribution in [0.3, 0.4) is 0 Å². The Hall–Kier alpha value is -1.03. The van der Waals surface area contributed by atoms with Crippen molar-refractivity contribution in [1.29, 1.82) is 0 Å². The predicted molar refractivity (Wildman–Crippen MR) is 77.4 cm³/mol. The fourth-order valence-corrected chi connectivity index (χ4v) is 3.00. The van der Waals surface area contributed by atoms with Gasteiger partial charge in [-0.25, -0.2) is 0 Å². The second-order valence-electron chi connectivity index (χ2n) is 5.62. The molecule has 4 heteroatoms. The van der Waals surface area contributed by atoms with Gasteiger partial charge in [-0.05, 0) is 46.3 Å². The molecule has 1 unspecified atom stereocenters. The molecule has 3 N–H and O–H groups in total. The summed E-state index contributed by atoms with van der Waals surface area (Å²) in [6, 6.07) is 5.62. The lowest BCUT2D eigenvalue weighted by molar-refractivity contribution is 0.0909. The summed E-state index contributed by atoms with van der Waals surface area (Å²) in [5.74, 6) is -0.0471. The molecular weight excluding hydrogens is 292 g/mol. The Morgan fingerprint density at radius 1 is 1.50 bits per heavy atom. The molecule has 0 saturated heterocycles. The van der Waals surface area contributed by atoms with E-state index >= 15 is 0 Å². The first-order chi connectivity index (χ1) is 8.42. The quantitative estimate of drug-likeness (QED) is 0.823. The third-order valence-corrected chi connectivity index (χ3v) is 4.72. The topological polar surface area (TPSA) is 55.1 Å². The van der Waals surface area contributed by atoms with Crippen LogP contribution in [0.4, 0.5) is 5.69 Å². The second-order valence-corrected chi connectivity index (χ2v) is 6.41. The summed E-state index contributed by atoms with van der Waals surface area (Å²) in [6.07, 6.45) is 3.39. The molecule has 0 aromatic heterocycles. The summed E-state index contributed by atoms with van der Waals surface area (Å²) >= 11 is 3.37. The van der Waals surface area contributed by atoms with Gasteiger partial charge in [0.2, 0.25) is 0 Å². The van der Waals surface area contributed by atoms with E-state index in [4.69, 9.17) is 5.73 Å². The van der Waals surface area contributed by atoms with Crippen molar-refractivity contribution < 1.29 is 4.79 Å². The van der Waals surface area contributed by atoms with Crippen molar-refractivity contribution in [3.8, 4) is 0 Å². The molecule has 0 aliphatic heterocycles. The summed E-state index contributed by atoms with van der Waals surface area (Å²) in [4.78, 5) is 12.3. The van der Waals surface area contributed by atoms with E-state index in [9.17, 15) is 4.79 Å². The number of rotatable bonds is 2. The third kappa shape index (κ3) is 2.53. The molecule has 1 saturated carbocycles. The minimum Gasteiger partial charge on any atom is -0.398 e. The van der Waals surface area contributed by atoms with Crippen molar-refractivity contribution in [2.75, 3.05) is 5.73 Å². The molecule has 1 aromatic rings. The molecule has 0 radical (unpaired) electrons. The van der Waals surface area contributed by atoms with Crippen LogP contribution < -0.4 is 11.1 Å². The number of nitrogens with two attached hydrogens (primary N) is 1. The van der Waals surface area contributed by atoms with Gasteiger partial charge in [0.1, 0.15) is 0 Å². The number of benzene rings is 1. The number of amides is 1. The van der Waals surface area contributed by atoms with E-state index in [1.165, 1.54) is 6.42 Å². The van der Waals surface area contributed by atoms with E-state index in [-0.39, 0.29) is 17.4 Å². The molecule has 1 aliphatic carbocycles. The highest BCUT2D eigenvalue weighted by molar-refractivity contribution is 9.10. The maximum Gasteiger partial charge on any atom is 0.252 e. The number of nitrogen functional groups attached to an aromatic ring is 1. The number of carbonyl (C=O) groups excluding carboxylic acids is 1. The van der Waals surface area contributed by atoms with Crippen LogP contribution in [0.5, 0.6) is 0 Å². The van der Waals surface area contributed by atoms with Crippen molar-refractivity contribution >= 4 is 27.5 Å². The minimum absolute atomic E-state index is 0.0471. The predicted octanol–water partition coefficient (Wildman–Crippen LogP) is 3.34. The van der Waals surface area contributed by atoms with Crippen LogP contribution in [0.25, 0.3) is 0 Å². The Morgan fingerprint density at radius 2 is 2.22 bits per heavy atom. The van der Waals surface area contributed by atoms with Crippen LogP contribution >= 0.6 is 15.9 Å². The second kappa shape index (κ2) is 4.92. The molecule has 18 heavy (non-hydrogen) atoms. The zero-order chi connectivity index (χ0) is 13.3. The molecule has 1 atom stereocenters. The van der Waals surface area contributed by atoms with E-state index in [1.807, 2.05) is 0 Å². The zero-order valence-electron chi connectivity index (χ0n) is 10.8. The summed E-state index contributed by atoms with van der Waals surface area (Å²) < 4.78 is 0.679. The highest BCUT2D eigenvalue weighted by Crippen LogP contribution is 2.37. The Labute approximate surface area is 116 Å². The van der Waals surface area contributed by atoms with Gasteiger partial charge in [-0.15, -0.1) is 0 Å². The lowest BCUT2D eigenvalue weighted by Crippen LogP contribution is -2.41. The van der Waals surface area contributed by atoms with Crippen LogP contribution in [-0.4, -0.2) is 11.9 Å². The molecular formula is C14H19BrN2O. The summed E-state index contributed by atoms with van der Waals surface area (Å²) in [6.45, 7) is 4.42. The number of halogens is 1. The summed E-state index contributed by atoms with van der Waals surface area (Å²) in [7, 11) is 0. The van der Waals surface area contributed by atoms with E-state index in [1.54, 1.807) is 18.2 Å². The Balaban J connectivity index is 2.15. The van der Waals surface area contributed by atoms with Gasteiger partial charge in [-0.3, -0.25) is 4.79 Å². The van der Waals surface area contributed by atoms with Crippen molar-refractivity contribution in [1.82, 2.24) is 5.32 Å². The Kier molecular flexibility index (Phi) is 3.66.